The number of anilines is 2. The molecule has 8 heteroatoms. The van der Waals surface area contributed by atoms with Crippen LogP contribution in [0.1, 0.15) is 21.9 Å². The van der Waals surface area contributed by atoms with Crippen LogP contribution >= 0.6 is 15.9 Å². The van der Waals surface area contributed by atoms with Crippen molar-refractivity contribution in [2.75, 3.05) is 10.0 Å². The van der Waals surface area contributed by atoms with Gasteiger partial charge in [0, 0.05) is 5.69 Å². The summed E-state index contributed by atoms with van der Waals surface area (Å²) in [4.78, 5) is 12.7. The van der Waals surface area contributed by atoms with Crippen molar-refractivity contribution in [2.24, 2.45) is 0 Å². The van der Waals surface area contributed by atoms with Gasteiger partial charge < -0.3 is 9.73 Å². The first-order valence-electron chi connectivity index (χ1n) is 8.02. The van der Waals surface area contributed by atoms with Crippen LogP contribution in [0.3, 0.4) is 0 Å². The second-order valence-corrected chi connectivity index (χ2v) is 8.33. The van der Waals surface area contributed by atoms with Crippen molar-refractivity contribution in [2.45, 2.75) is 18.7 Å². The molecule has 2 N–H and O–H groups in total. The van der Waals surface area contributed by atoms with E-state index in [-0.39, 0.29) is 10.8 Å². The van der Waals surface area contributed by atoms with Crippen molar-refractivity contribution < 1.29 is 17.6 Å². The van der Waals surface area contributed by atoms with Gasteiger partial charge >= 0.3 is 0 Å². The number of halogens is 1. The average molecular weight is 449 g/mol. The standard InChI is InChI=1S/C19H17BrN2O4S/c1-12-17(18(20)13(2)26-12)19(23)21-14-7-6-8-15(11-14)22-27(24,25)16-9-4-3-5-10-16/h3-11,22H,1-2H3,(H,21,23). The number of amides is 1. The molecule has 6 nitrogen and oxygen atoms in total. The molecule has 1 heterocycles. The zero-order chi connectivity index (χ0) is 19.6. The fraction of sp³-hybridized carbons (Fsp3) is 0.105. The molecule has 0 atom stereocenters. The summed E-state index contributed by atoms with van der Waals surface area (Å²) in [6, 6.07) is 14.6. The lowest BCUT2D eigenvalue weighted by Crippen LogP contribution is -2.15. The predicted octanol–water partition coefficient (Wildman–Crippen LogP) is 4.71. The molecule has 0 fully saturated rings. The van der Waals surface area contributed by atoms with E-state index in [9.17, 15) is 13.2 Å². The third-order valence-electron chi connectivity index (χ3n) is 3.84. The summed E-state index contributed by atoms with van der Waals surface area (Å²) in [5.41, 5.74) is 1.21. The van der Waals surface area contributed by atoms with Gasteiger partial charge in [0.2, 0.25) is 0 Å². The average Bonchev–Trinajstić information content (AvgIpc) is 2.87. The van der Waals surface area contributed by atoms with Crippen molar-refractivity contribution in [1.82, 2.24) is 0 Å². The highest BCUT2D eigenvalue weighted by atomic mass is 79.9. The first-order chi connectivity index (χ1) is 12.8. The Balaban J connectivity index is 1.81. The Morgan fingerprint density at radius 1 is 0.963 bits per heavy atom. The monoisotopic (exact) mass is 448 g/mol. The molecular weight excluding hydrogens is 432 g/mol. The van der Waals surface area contributed by atoms with E-state index in [1.807, 2.05) is 0 Å². The fourth-order valence-corrected chi connectivity index (χ4v) is 4.19. The van der Waals surface area contributed by atoms with Gasteiger partial charge in [-0.2, -0.15) is 0 Å². The van der Waals surface area contributed by atoms with E-state index in [4.69, 9.17) is 4.42 Å². The molecule has 0 bridgehead atoms. The molecule has 0 saturated heterocycles. The molecule has 0 aliphatic rings. The second-order valence-electron chi connectivity index (χ2n) is 5.86. The number of nitrogens with one attached hydrogen (secondary N) is 2. The van der Waals surface area contributed by atoms with Crippen LogP contribution in [0.4, 0.5) is 11.4 Å². The van der Waals surface area contributed by atoms with E-state index in [1.165, 1.54) is 12.1 Å². The summed E-state index contributed by atoms with van der Waals surface area (Å²) in [7, 11) is -3.71. The summed E-state index contributed by atoms with van der Waals surface area (Å²) in [5.74, 6) is 0.763. The molecular formula is C19H17BrN2O4S. The normalized spacial score (nSPS) is 11.2. The molecule has 1 aromatic heterocycles. The van der Waals surface area contributed by atoms with Crippen LogP contribution in [0.25, 0.3) is 0 Å². The van der Waals surface area contributed by atoms with E-state index in [1.54, 1.807) is 56.3 Å². The maximum absolute atomic E-state index is 12.5. The number of sulfonamides is 1. The van der Waals surface area contributed by atoms with E-state index < -0.39 is 10.0 Å². The largest absolute Gasteiger partial charge is 0.465 e. The number of aryl methyl sites for hydroxylation is 2. The Labute approximate surface area is 165 Å². The van der Waals surface area contributed by atoms with Gasteiger partial charge in [-0.15, -0.1) is 0 Å². The quantitative estimate of drug-likeness (QED) is 0.591. The van der Waals surface area contributed by atoms with Crippen molar-refractivity contribution >= 4 is 43.2 Å². The maximum atomic E-state index is 12.5. The molecule has 1 amide bonds. The Bertz CT molecular complexity index is 1090. The maximum Gasteiger partial charge on any atom is 0.261 e. The summed E-state index contributed by atoms with van der Waals surface area (Å²) >= 11 is 3.35. The third-order valence-corrected chi connectivity index (χ3v) is 6.19. The number of carbonyl (C=O) groups is 1. The zero-order valence-electron chi connectivity index (χ0n) is 14.6. The minimum absolute atomic E-state index is 0.160. The topological polar surface area (TPSA) is 88.4 Å². The van der Waals surface area contributed by atoms with Crippen LogP contribution in [0.2, 0.25) is 0 Å². The van der Waals surface area contributed by atoms with Crippen LogP contribution in [0.15, 0.2) is 68.4 Å². The van der Waals surface area contributed by atoms with E-state index in [2.05, 4.69) is 26.0 Å². The lowest BCUT2D eigenvalue weighted by molar-refractivity contribution is 0.102. The minimum Gasteiger partial charge on any atom is -0.465 e. The summed E-state index contributed by atoms with van der Waals surface area (Å²) in [6.45, 7) is 3.46. The van der Waals surface area contributed by atoms with Gasteiger partial charge in [0.1, 0.15) is 11.5 Å². The molecule has 140 valence electrons. The van der Waals surface area contributed by atoms with Gasteiger partial charge in [-0.3, -0.25) is 9.52 Å². The molecule has 0 aliphatic carbocycles. The number of furan rings is 1. The molecule has 0 aliphatic heterocycles. The van der Waals surface area contributed by atoms with Crippen molar-refractivity contribution in [3.05, 3.63) is 76.2 Å². The molecule has 0 unspecified atom stereocenters. The lowest BCUT2D eigenvalue weighted by Gasteiger charge is -2.10. The SMILES string of the molecule is Cc1oc(C)c(C(=O)Nc2cccc(NS(=O)(=O)c3ccccc3)c2)c1Br. The highest BCUT2D eigenvalue weighted by Gasteiger charge is 2.20. The molecule has 2 aromatic carbocycles. The number of hydrogen-bond donors (Lipinski definition) is 2. The minimum atomic E-state index is -3.71. The Morgan fingerprint density at radius 3 is 2.26 bits per heavy atom. The third kappa shape index (κ3) is 4.23. The van der Waals surface area contributed by atoms with Gasteiger partial charge in [-0.1, -0.05) is 24.3 Å². The summed E-state index contributed by atoms with van der Waals surface area (Å²) in [5, 5.41) is 2.76. The Hall–Kier alpha value is -2.58. The zero-order valence-corrected chi connectivity index (χ0v) is 17.0. The summed E-state index contributed by atoms with van der Waals surface area (Å²) in [6.07, 6.45) is 0. The van der Waals surface area contributed by atoms with E-state index in [0.717, 1.165) is 0 Å². The van der Waals surface area contributed by atoms with Crippen molar-refractivity contribution in [1.29, 1.82) is 0 Å². The lowest BCUT2D eigenvalue weighted by atomic mass is 10.2. The van der Waals surface area contributed by atoms with Crippen molar-refractivity contribution in [3.8, 4) is 0 Å². The van der Waals surface area contributed by atoms with Gasteiger partial charge in [0.25, 0.3) is 15.9 Å². The first-order valence-corrected chi connectivity index (χ1v) is 10.3. The van der Waals surface area contributed by atoms with Crippen LogP contribution in [-0.4, -0.2) is 14.3 Å². The number of rotatable bonds is 5. The predicted molar refractivity (Wildman–Crippen MR) is 108 cm³/mol. The van der Waals surface area contributed by atoms with Gasteiger partial charge in [-0.05, 0) is 60.1 Å². The highest BCUT2D eigenvalue weighted by molar-refractivity contribution is 9.10. The number of hydrogen-bond acceptors (Lipinski definition) is 4. The molecule has 27 heavy (non-hydrogen) atoms. The number of benzene rings is 2. The number of carbonyl (C=O) groups excluding carboxylic acids is 1. The smallest absolute Gasteiger partial charge is 0.261 e. The van der Waals surface area contributed by atoms with Gasteiger partial charge in [0.15, 0.2) is 0 Å². The summed E-state index contributed by atoms with van der Waals surface area (Å²) < 4.78 is 33.4. The van der Waals surface area contributed by atoms with E-state index in [0.29, 0.717) is 32.9 Å². The van der Waals surface area contributed by atoms with Crippen LogP contribution in [0.5, 0.6) is 0 Å². The Kier molecular flexibility index (Phi) is 5.38. The highest BCUT2D eigenvalue weighted by Crippen LogP contribution is 2.28. The Morgan fingerprint density at radius 2 is 1.63 bits per heavy atom. The van der Waals surface area contributed by atoms with Crippen LogP contribution in [0, 0.1) is 13.8 Å². The van der Waals surface area contributed by atoms with Gasteiger partial charge in [0.05, 0.1) is 20.6 Å². The molecule has 3 aromatic rings. The molecule has 0 radical (unpaired) electrons. The molecule has 0 spiro atoms. The van der Waals surface area contributed by atoms with Crippen molar-refractivity contribution in [3.63, 3.8) is 0 Å². The molecule has 3 rings (SSSR count). The molecule has 0 saturated carbocycles. The van der Waals surface area contributed by atoms with Crippen LogP contribution < -0.4 is 10.0 Å². The van der Waals surface area contributed by atoms with Crippen LogP contribution in [-0.2, 0) is 10.0 Å². The van der Waals surface area contributed by atoms with Gasteiger partial charge in [-0.25, -0.2) is 8.42 Å². The van der Waals surface area contributed by atoms with E-state index >= 15 is 0 Å². The first kappa shape index (κ1) is 19.2. The fourth-order valence-electron chi connectivity index (χ4n) is 2.58. The second kappa shape index (κ2) is 7.58.